The second-order valence-corrected chi connectivity index (χ2v) is 5.39. The van der Waals surface area contributed by atoms with Gasteiger partial charge in [-0.25, -0.2) is 0 Å². The molecule has 1 aromatic carbocycles. The van der Waals surface area contributed by atoms with Gasteiger partial charge in [-0.2, -0.15) is 0 Å². The Kier molecular flexibility index (Phi) is 2.33. The van der Waals surface area contributed by atoms with Crippen molar-refractivity contribution in [1.29, 1.82) is 0 Å². The van der Waals surface area contributed by atoms with Crippen LogP contribution in [0.4, 0.5) is 19.4 Å². The van der Waals surface area contributed by atoms with Gasteiger partial charge in [0.15, 0.2) is 0 Å². The topological polar surface area (TPSA) is 9.23 Å². The van der Waals surface area contributed by atoms with E-state index < -0.39 is 27.3 Å². The van der Waals surface area contributed by atoms with E-state index >= 15 is 0 Å². The number of benzene rings is 1. The zero-order chi connectivity index (χ0) is 11.8. The molecule has 0 aromatic heterocycles. The highest BCUT2D eigenvalue weighted by Gasteiger charge is 2.66. The fourth-order valence-corrected chi connectivity index (χ4v) is 2.11. The fourth-order valence-electron chi connectivity index (χ4n) is 1.15. The first-order valence-corrected chi connectivity index (χ1v) is 5.80. The van der Waals surface area contributed by atoms with Crippen LogP contribution in [0.3, 0.4) is 0 Å². The molecular weight excluding hydrogens is 239 g/mol. The maximum atomic E-state index is 12.5. The van der Waals surface area contributed by atoms with Crippen LogP contribution in [0.5, 0.6) is 0 Å². The van der Waals surface area contributed by atoms with Crippen molar-refractivity contribution in [3.8, 4) is 0 Å². The van der Waals surface area contributed by atoms with Crippen molar-refractivity contribution in [2.45, 2.75) is 11.5 Å². The highest BCUT2D eigenvalue weighted by molar-refractivity contribution is 8.45. The second-order valence-electron chi connectivity index (χ2n) is 3.01. The Labute approximate surface area is 83.6 Å². The SMILES string of the molecule is COCc1ccccc1S(F)(F)(F)(F)F. The lowest BCUT2D eigenvalue weighted by Gasteiger charge is -2.41. The Morgan fingerprint density at radius 2 is 1.60 bits per heavy atom. The fraction of sp³-hybridized carbons (Fsp3) is 0.250. The zero-order valence-corrected chi connectivity index (χ0v) is 8.54. The Hall–Kier alpha value is -0.820. The molecule has 0 saturated carbocycles. The Morgan fingerprint density at radius 3 is 2.07 bits per heavy atom. The van der Waals surface area contributed by atoms with E-state index in [1.54, 1.807) is 0 Å². The molecule has 0 bridgehead atoms. The first-order valence-electron chi connectivity index (χ1n) is 3.85. The molecule has 0 aliphatic carbocycles. The third-order valence-electron chi connectivity index (χ3n) is 1.69. The molecule has 1 rings (SSSR count). The van der Waals surface area contributed by atoms with Crippen LogP contribution in [0.25, 0.3) is 0 Å². The van der Waals surface area contributed by atoms with Gasteiger partial charge in [0.2, 0.25) is 0 Å². The number of rotatable bonds is 3. The Bertz CT molecular complexity index is 371. The van der Waals surface area contributed by atoms with E-state index in [9.17, 15) is 19.4 Å². The minimum Gasteiger partial charge on any atom is -0.380 e. The van der Waals surface area contributed by atoms with E-state index in [0.29, 0.717) is 6.07 Å². The molecule has 15 heavy (non-hydrogen) atoms. The van der Waals surface area contributed by atoms with Crippen LogP contribution in [-0.2, 0) is 11.3 Å². The van der Waals surface area contributed by atoms with Crippen molar-refractivity contribution in [2.24, 2.45) is 0 Å². The van der Waals surface area contributed by atoms with Gasteiger partial charge >= 0.3 is 10.2 Å². The predicted octanol–water partition coefficient (Wildman–Crippen LogP) is 4.49. The zero-order valence-electron chi connectivity index (χ0n) is 7.72. The van der Waals surface area contributed by atoms with E-state index in [-0.39, 0.29) is 0 Å². The monoisotopic (exact) mass is 248 g/mol. The summed E-state index contributed by atoms with van der Waals surface area (Å²) in [6.07, 6.45) is 0. The summed E-state index contributed by atoms with van der Waals surface area (Å²) in [4.78, 5) is -1.88. The van der Waals surface area contributed by atoms with Gasteiger partial charge in [0.25, 0.3) is 0 Å². The van der Waals surface area contributed by atoms with Crippen LogP contribution in [0.1, 0.15) is 5.56 Å². The van der Waals surface area contributed by atoms with Gasteiger partial charge in [0.1, 0.15) is 4.90 Å². The number of halogens is 5. The Balaban J connectivity index is 3.39. The van der Waals surface area contributed by atoms with Crippen LogP contribution >= 0.6 is 10.2 Å². The molecular formula is C8H9F5OS. The summed E-state index contributed by atoms with van der Waals surface area (Å²) in [6, 6.07) is 3.51. The summed E-state index contributed by atoms with van der Waals surface area (Å²) in [5, 5.41) is 0. The quantitative estimate of drug-likeness (QED) is 0.716. The van der Waals surface area contributed by atoms with Gasteiger partial charge < -0.3 is 4.74 Å². The van der Waals surface area contributed by atoms with Crippen molar-refractivity contribution >= 4 is 10.2 Å². The van der Waals surface area contributed by atoms with Gasteiger partial charge in [0.05, 0.1) is 6.61 Å². The summed E-state index contributed by atoms with van der Waals surface area (Å²) in [5.41, 5.74) is -0.556. The van der Waals surface area contributed by atoms with Crippen LogP contribution in [0, 0.1) is 0 Å². The van der Waals surface area contributed by atoms with Crippen LogP contribution < -0.4 is 0 Å². The molecule has 7 heteroatoms. The van der Waals surface area contributed by atoms with Crippen LogP contribution in [0.15, 0.2) is 29.2 Å². The summed E-state index contributed by atoms with van der Waals surface area (Å²) in [7, 11) is -8.46. The lowest BCUT2D eigenvalue weighted by Crippen LogP contribution is -2.09. The molecule has 0 atom stereocenters. The minimum absolute atomic E-state index is 0.371. The molecule has 0 aliphatic heterocycles. The second kappa shape index (κ2) is 2.85. The maximum Gasteiger partial charge on any atom is 0.310 e. The van der Waals surface area contributed by atoms with Crippen LogP contribution in [0.2, 0.25) is 0 Å². The summed E-state index contributed by atoms with van der Waals surface area (Å²) in [6.45, 7) is -0.498. The van der Waals surface area contributed by atoms with E-state index in [1.807, 2.05) is 0 Å². The molecule has 0 heterocycles. The number of ether oxygens (including phenoxy) is 1. The molecule has 0 N–H and O–H groups in total. The number of methoxy groups -OCH3 is 1. The third-order valence-corrected chi connectivity index (χ3v) is 2.92. The maximum absolute atomic E-state index is 12.5. The molecule has 0 unspecified atom stereocenters. The van der Waals surface area contributed by atoms with E-state index in [2.05, 4.69) is 4.74 Å². The lowest BCUT2D eigenvalue weighted by molar-refractivity contribution is 0.181. The van der Waals surface area contributed by atoms with Gasteiger partial charge in [-0.15, -0.1) is 0 Å². The average molecular weight is 248 g/mol. The highest BCUT2D eigenvalue weighted by Crippen LogP contribution is 3.02. The summed E-state index contributed by atoms with van der Waals surface area (Å²) in [5.74, 6) is 0. The molecule has 0 amide bonds. The largest absolute Gasteiger partial charge is 0.380 e. The highest BCUT2D eigenvalue weighted by atomic mass is 32.5. The third kappa shape index (κ3) is 3.07. The smallest absolute Gasteiger partial charge is 0.310 e. The lowest BCUT2D eigenvalue weighted by atomic mass is 10.2. The van der Waals surface area contributed by atoms with Crippen LogP contribution in [-0.4, -0.2) is 7.11 Å². The first kappa shape index (κ1) is 12.3. The van der Waals surface area contributed by atoms with E-state index in [0.717, 1.165) is 19.2 Å². The van der Waals surface area contributed by atoms with Crippen molar-refractivity contribution < 1.29 is 24.2 Å². The standard InChI is InChI=1S/C8H9F5OS/c1-14-6-7-4-2-3-5-8(7)15(9,10,11,12)13/h2-5H,6H2,1H3. The number of hydrogen-bond acceptors (Lipinski definition) is 1. The first-order chi connectivity index (χ1) is 6.54. The van der Waals surface area contributed by atoms with Gasteiger partial charge in [-0.1, -0.05) is 37.6 Å². The van der Waals surface area contributed by atoms with Crippen molar-refractivity contribution in [3.63, 3.8) is 0 Å². The summed E-state index contributed by atoms with van der Waals surface area (Å²) < 4.78 is 66.8. The van der Waals surface area contributed by atoms with Gasteiger partial charge in [0, 0.05) is 12.7 Å². The predicted molar refractivity (Wildman–Crippen MR) is 48.6 cm³/mol. The van der Waals surface area contributed by atoms with E-state index in [1.165, 1.54) is 6.07 Å². The minimum atomic E-state index is -9.60. The van der Waals surface area contributed by atoms with Gasteiger partial charge in [-0.05, 0) is 6.07 Å². The molecule has 1 nitrogen and oxygen atoms in total. The average Bonchev–Trinajstić information content (AvgIpc) is 2.01. The Morgan fingerprint density at radius 1 is 1.07 bits per heavy atom. The summed E-state index contributed by atoms with van der Waals surface area (Å²) >= 11 is 0. The van der Waals surface area contributed by atoms with E-state index in [4.69, 9.17) is 0 Å². The number of hydrogen-bond donors (Lipinski definition) is 0. The molecule has 0 fully saturated rings. The molecule has 88 valence electrons. The molecule has 0 aliphatic rings. The van der Waals surface area contributed by atoms with Crippen molar-refractivity contribution in [1.82, 2.24) is 0 Å². The van der Waals surface area contributed by atoms with Crippen molar-refractivity contribution in [2.75, 3.05) is 7.11 Å². The molecule has 0 radical (unpaired) electrons. The molecule has 1 aromatic rings. The van der Waals surface area contributed by atoms with Crippen molar-refractivity contribution in [3.05, 3.63) is 29.8 Å². The molecule has 0 spiro atoms. The normalized spacial score (nSPS) is 16.9. The van der Waals surface area contributed by atoms with Gasteiger partial charge in [-0.3, -0.25) is 0 Å². The molecule has 0 saturated heterocycles.